The topological polar surface area (TPSA) is 47.5 Å². The molecule has 0 atom stereocenters. The average molecular weight is 341 g/mol. The van der Waals surface area contributed by atoms with Crippen molar-refractivity contribution in [3.05, 3.63) is 42.1 Å². The van der Waals surface area contributed by atoms with Gasteiger partial charge in [-0.3, -0.25) is 0 Å². The van der Waals surface area contributed by atoms with Crippen molar-refractivity contribution in [2.45, 2.75) is 33.1 Å². The Bertz CT molecular complexity index is 635. The van der Waals surface area contributed by atoms with Gasteiger partial charge in [0.1, 0.15) is 11.5 Å². The maximum atomic E-state index is 5.88. The van der Waals surface area contributed by atoms with Crippen LogP contribution in [0.5, 0.6) is 11.5 Å². The van der Waals surface area contributed by atoms with Crippen LogP contribution >= 0.6 is 0 Å². The largest absolute Gasteiger partial charge is 0.494 e. The van der Waals surface area contributed by atoms with E-state index in [0.29, 0.717) is 6.61 Å². The van der Waals surface area contributed by atoms with E-state index in [0.717, 1.165) is 55.0 Å². The number of ether oxygens (including phenoxy) is 2. The molecule has 5 heteroatoms. The molecular weight excluding hydrogens is 314 g/mol. The van der Waals surface area contributed by atoms with Gasteiger partial charge in [-0.2, -0.15) is 5.10 Å². The predicted molar refractivity (Wildman–Crippen MR) is 99.4 cm³/mol. The van der Waals surface area contributed by atoms with Crippen LogP contribution in [0.1, 0.15) is 31.9 Å². The molecule has 0 N–H and O–H groups in total. The van der Waals surface area contributed by atoms with Gasteiger partial charge in [0.2, 0.25) is 0 Å². The van der Waals surface area contributed by atoms with Crippen molar-refractivity contribution in [3.8, 4) is 11.5 Å². The quantitative estimate of drug-likeness (QED) is 0.765. The van der Waals surface area contributed by atoms with Crippen molar-refractivity contribution in [2.75, 3.05) is 31.2 Å². The van der Waals surface area contributed by atoms with E-state index < -0.39 is 0 Å². The molecule has 134 valence electrons. The molecule has 2 heterocycles. The summed E-state index contributed by atoms with van der Waals surface area (Å²) >= 11 is 0. The highest BCUT2D eigenvalue weighted by atomic mass is 16.5. The molecule has 0 radical (unpaired) electrons. The highest BCUT2D eigenvalue weighted by Crippen LogP contribution is 2.24. The number of hydrogen-bond acceptors (Lipinski definition) is 5. The maximum Gasteiger partial charge on any atom is 0.151 e. The number of anilines is 1. The zero-order valence-corrected chi connectivity index (χ0v) is 15.1. The van der Waals surface area contributed by atoms with E-state index in [1.807, 2.05) is 44.2 Å². The summed E-state index contributed by atoms with van der Waals surface area (Å²) in [7, 11) is 0. The summed E-state index contributed by atoms with van der Waals surface area (Å²) in [4.78, 5) is 2.33. The van der Waals surface area contributed by atoms with Gasteiger partial charge in [0, 0.05) is 13.1 Å². The molecule has 0 amide bonds. The van der Waals surface area contributed by atoms with Crippen molar-refractivity contribution in [3.63, 3.8) is 0 Å². The summed E-state index contributed by atoms with van der Waals surface area (Å²) in [5.41, 5.74) is 0.963. The van der Waals surface area contributed by atoms with E-state index in [9.17, 15) is 0 Å². The number of nitrogens with zero attached hydrogens (tertiary/aromatic N) is 3. The lowest BCUT2D eigenvalue weighted by atomic mass is 9.94. The third-order valence-corrected chi connectivity index (χ3v) is 4.65. The lowest BCUT2D eigenvalue weighted by molar-refractivity contribution is 0.258. The smallest absolute Gasteiger partial charge is 0.151 e. The third kappa shape index (κ3) is 5.08. The van der Waals surface area contributed by atoms with Crippen molar-refractivity contribution in [2.24, 2.45) is 5.92 Å². The molecule has 25 heavy (non-hydrogen) atoms. The van der Waals surface area contributed by atoms with Gasteiger partial charge < -0.3 is 14.4 Å². The molecule has 1 aliphatic heterocycles. The first-order valence-electron chi connectivity index (χ1n) is 9.15. The van der Waals surface area contributed by atoms with Gasteiger partial charge in [0.05, 0.1) is 18.9 Å². The molecule has 0 saturated carbocycles. The number of aromatic nitrogens is 2. The van der Waals surface area contributed by atoms with Gasteiger partial charge >= 0.3 is 0 Å². The van der Waals surface area contributed by atoms with Crippen LogP contribution in [0.4, 0.5) is 5.82 Å². The predicted octanol–water partition coefficient (Wildman–Crippen LogP) is 3.87. The molecule has 1 aromatic carbocycles. The van der Waals surface area contributed by atoms with Gasteiger partial charge in [-0.15, -0.1) is 5.10 Å². The van der Waals surface area contributed by atoms with Crippen molar-refractivity contribution >= 4 is 5.82 Å². The van der Waals surface area contributed by atoms with Gasteiger partial charge in [0.15, 0.2) is 5.82 Å². The molecule has 1 aromatic heterocycles. The van der Waals surface area contributed by atoms with Crippen LogP contribution in [0.3, 0.4) is 0 Å². The first kappa shape index (κ1) is 17.5. The molecule has 0 bridgehead atoms. The van der Waals surface area contributed by atoms with Crippen LogP contribution in [0.25, 0.3) is 0 Å². The Morgan fingerprint density at radius 1 is 0.960 bits per heavy atom. The Morgan fingerprint density at radius 2 is 1.64 bits per heavy atom. The summed E-state index contributed by atoms with van der Waals surface area (Å²) in [6.45, 7) is 7.50. The number of benzene rings is 1. The van der Waals surface area contributed by atoms with Crippen LogP contribution in [0.2, 0.25) is 0 Å². The van der Waals surface area contributed by atoms with Crippen LogP contribution in [0, 0.1) is 12.8 Å². The lowest BCUT2D eigenvalue weighted by Gasteiger charge is -2.32. The Hall–Kier alpha value is -2.30. The third-order valence-electron chi connectivity index (χ3n) is 4.65. The van der Waals surface area contributed by atoms with E-state index in [-0.39, 0.29) is 0 Å². The lowest BCUT2D eigenvalue weighted by Crippen LogP contribution is -2.34. The second-order valence-corrected chi connectivity index (χ2v) is 6.50. The first-order valence-corrected chi connectivity index (χ1v) is 9.15. The minimum absolute atomic E-state index is 0.688. The van der Waals surface area contributed by atoms with Crippen LogP contribution in [-0.2, 0) is 0 Å². The average Bonchev–Trinajstić information content (AvgIpc) is 2.65. The molecule has 1 aliphatic rings. The van der Waals surface area contributed by atoms with E-state index in [1.54, 1.807) is 0 Å². The van der Waals surface area contributed by atoms with Gasteiger partial charge in [0.25, 0.3) is 0 Å². The monoisotopic (exact) mass is 341 g/mol. The van der Waals surface area contributed by atoms with Gasteiger partial charge in [-0.05, 0) is 75.4 Å². The van der Waals surface area contributed by atoms with Crippen LogP contribution in [0.15, 0.2) is 36.4 Å². The minimum atomic E-state index is 0.688. The Labute approximate surface area is 150 Å². The van der Waals surface area contributed by atoms with Crippen molar-refractivity contribution in [1.29, 1.82) is 0 Å². The first-order chi connectivity index (χ1) is 12.2. The standard InChI is InChI=1S/C20H27N3O2/c1-3-24-18-5-7-19(8-6-18)25-15-12-17-10-13-23(14-11-17)20-9-4-16(2)21-22-20/h4-9,17H,3,10-15H2,1-2H3. The number of piperidine rings is 1. The number of rotatable bonds is 7. The highest BCUT2D eigenvalue weighted by molar-refractivity contribution is 5.37. The van der Waals surface area contributed by atoms with Crippen molar-refractivity contribution in [1.82, 2.24) is 10.2 Å². The molecule has 0 unspecified atom stereocenters. The maximum absolute atomic E-state index is 5.88. The zero-order chi connectivity index (χ0) is 17.5. The SMILES string of the molecule is CCOc1ccc(OCCC2CCN(c3ccc(C)nn3)CC2)cc1. The van der Waals surface area contributed by atoms with Crippen LogP contribution < -0.4 is 14.4 Å². The summed E-state index contributed by atoms with van der Waals surface area (Å²) < 4.78 is 11.3. The summed E-state index contributed by atoms with van der Waals surface area (Å²) in [5.74, 6) is 3.52. The second kappa shape index (κ2) is 8.70. The summed E-state index contributed by atoms with van der Waals surface area (Å²) in [6, 6.07) is 12.0. The van der Waals surface area contributed by atoms with E-state index in [4.69, 9.17) is 9.47 Å². The number of aryl methyl sites for hydroxylation is 1. The molecule has 0 spiro atoms. The fourth-order valence-corrected chi connectivity index (χ4v) is 3.15. The Balaban J connectivity index is 1.38. The molecular formula is C20H27N3O2. The Morgan fingerprint density at radius 3 is 2.24 bits per heavy atom. The minimum Gasteiger partial charge on any atom is -0.494 e. The number of hydrogen-bond donors (Lipinski definition) is 0. The molecule has 2 aromatic rings. The van der Waals surface area contributed by atoms with Gasteiger partial charge in [-0.25, -0.2) is 0 Å². The molecule has 3 rings (SSSR count). The second-order valence-electron chi connectivity index (χ2n) is 6.50. The fraction of sp³-hybridized carbons (Fsp3) is 0.500. The molecule has 5 nitrogen and oxygen atoms in total. The fourth-order valence-electron chi connectivity index (χ4n) is 3.15. The molecule has 1 saturated heterocycles. The normalized spacial score (nSPS) is 15.2. The molecule has 1 fully saturated rings. The van der Waals surface area contributed by atoms with Gasteiger partial charge in [-0.1, -0.05) is 0 Å². The summed E-state index contributed by atoms with van der Waals surface area (Å²) in [6.07, 6.45) is 3.46. The van der Waals surface area contributed by atoms with E-state index in [2.05, 4.69) is 21.2 Å². The van der Waals surface area contributed by atoms with Crippen molar-refractivity contribution < 1.29 is 9.47 Å². The van der Waals surface area contributed by atoms with Crippen LogP contribution in [-0.4, -0.2) is 36.5 Å². The van der Waals surface area contributed by atoms with E-state index >= 15 is 0 Å². The molecule has 0 aliphatic carbocycles. The highest BCUT2D eigenvalue weighted by Gasteiger charge is 2.20. The zero-order valence-electron chi connectivity index (χ0n) is 15.1. The Kier molecular flexibility index (Phi) is 6.09. The van der Waals surface area contributed by atoms with E-state index in [1.165, 1.54) is 12.8 Å². The summed E-state index contributed by atoms with van der Waals surface area (Å²) in [5, 5.41) is 8.44.